The topological polar surface area (TPSA) is 17.1 Å². The molecule has 1 unspecified atom stereocenters. The molecule has 0 saturated carbocycles. The van der Waals surface area contributed by atoms with Crippen LogP contribution in [-0.2, 0) is 4.79 Å². The van der Waals surface area contributed by atoms with Gasteiger partial charge >= 0.3 is 0 Å². The van der Waals surface area contributed by atoms with Gasteiger partial charge in [-0.15, -0.1) is 0 Å². The molecule has 0 N–H and O–H groups in total. The Kier molecular flexibility index (Phi) is 4.38. The molecule has 0 heterocycles. The summed E-state index contributed by atoms with van der Waals surface area (Å²) in [7, 11) is -1.53. The monoisotopic (exact) mass is 298 g/mol. The first-order valence-corrected chi connectivity index (χ1v) is 10.8. The normalized spacial score (nSPS) is 19.3. The Balaban J connectivity index is 2.16. The van der Waals surface area contributed by atoms with Crippen molar-refractivity contribution in [3.8, 4) is 0 Å². The van der Waals surface area contributed by atoms with Crippen LogP contribution in [0.15, 0.2) is 54.1 Å². The van der Waals surface area contributed by atoms with E-state index in [0.29, 0.717) is 5.54 Å². The van der Waals surface area contributed by atoms with Gasteiger partial charge in [0.15, 0.2) is 5.78 Å². The molecular formula is C19H26OSi. The SMILES string of the molecule is CC(C)(C)C(=O)C1=CCC([Si](C)(C)c2ccccc2)C=C1. The summed E-state index contributed by atoms with van der Waals surface area (Å²) in [6, 6.07) is 10.8. The Hall–Kier alpha value is -1.41. The zero-order valence-electron chi connectivity index (χ0n) is 13.8. The number of carbonyl (C=O) groups is 1. The van der Waals surface area contributed by atoms with Crippen molar-refractivity contribution in [3.63, 3.8) is 0 Å². The van der Waals surface area contributed by atoms with Crippen molar-refractivity contribution < 1.29 is 4.79 Å². The van der Waals surface area contributed by atoms with Gasteiger partial charge in [-0.05, 0) is 12.0 Å². The highest BCUT2D eigenvalue weighted by molar-refractivity contribution is 6.91. The fourth-order valence-corrected chi connectivity index (χ4v) is 5.60. The molecule has 1 aromatic rings. The summed E-state index contributed by atoms with van der Waals surface area (Å²) in [4.78, 5) is 12.3. The van der Waals surface area contributed by atoms with Crippen LogP contribution in [0.1, 0.15) is 27.2 Å². The number of benzene rings is 1. The molecule has 112 valence electrons. The quantitative estimate of drug-likeness (QED) is 0.752. The predicted molar refractivity (Wildman–Crippen MR) is 93.6 cm³/mol. The van der Waals surface area contributed by atoms with Crippen molar-refractivity contribution in [1.29, 1.82) is 0 Å². The highest BCUT2D eigenvalue weighted by atomic mass is 28.3. The van der Waals surface area contributed by atoms with Crippen molar-refractivity contribution in [2.45, 2.75) is 45.8 Å². The summed E-state index contributed by atoms with van der Waals surface area (Å²) in [6.45, 7) is 10.8. The summed E-state index contributed by atoms with van der Waals surface area (Å²) in [6.07, 6.45) is 7.47. The summed E-state index contributed by atoms with van der Waals surface area (Å²) in [5, 5.41) is 1.48. The van der Waals surface area contributed by atoms with Gasteiger partial charge in [-0.2, -0.15) is 0 Å². The maximum absolute atomic E-state index is 12.3. The molecule has 0 fully saturated rings. The number of hydrogen-bond acceptors (Lipinski definition) is 1. The van der Waals surface area contributed by atoms with E-state index in [0.717, 1.165) is 12.0 Å². The Morgan fingerprint density at radius 1 is 1.14 bits per heavy atom. The van der Waals surface area contributed by atoms with Crippen LogP contribution in [0.2, 0.25) is 18.6 Å². The second kappa shape index (κ2) is 5.76. The van der Waals surface area contributed by atoms with Gasteiger partial charge in [-0.1, -0.05) is 87.6 Å². The third-order valence-electron chi connectivity index (χ3n) is 4.49. The molecule has 1 atom stereocenters. The lowest BCUT2D eigenvalue weighted by Crippen LogP contribution is -2.45. The molecule has 0 spiro atoms. The van der Waals surface area contributed by atoms with Gasteiger partial charge in [0, 0.05) is 11.0 Å². The second-order valence-corrected chi connectivity index (χ2v) is 12.3. The molecule has 1 aliphatic rings. The maximum Gasteiger partial charge on any atom is 0.167 e. The number of ketones is 1. The summed E-state index contributed by atoms with van der Waals surface area (Å²) < 4.78 is 0. The molecule has 1 aliphatic carbocycles. The van der Waals surface area contributed by atoms with Crippen molar-refractivity contribution >= 4 is 19.0 Å². The molecule has 21 heavy (non-hydrogen) atoms. The lowest BCUT2D eigenvalue weighted by Gasteiger charge is -2.32. The van der Waals surface area contributed by atoms with Gasteiger partial charge in [0.2, 0.25) is 0 Å². The van der Waals surface area contributed by atoms with Crippen molar-refractivity contribution in [2.24, 2.45) is 5.41 Å². The number of rotatable bonds is 3. The smallest absolute Gasteiger partial charge is 0.167 e. The highest BCUT2D eigenvalue weighted by Gasteiger charge is 2.33. The van der Waals surface area contributed by atoms with Gasteiger partial charge in [-0.3, -0.25) is 4.79 Å². The summed E-state index contributed by atoms with van der Waals surface area (Å²) in [5.74, 6) is 0.247. The van der Waals surface area contributed by atoms with E-state index in [-0.39, 0.29) is 11.2 Å². The van der Waals surface area contributed by atoms with Crippen molar-refractivity contribution in [2.75, 3.05) is 0 Å². The molecule has 1 nitrogen and oxygen atoms in total. The molecule has 0 bridgehead atoms. The second-order valence-electron chi connectivity index (χ2n) is 7.53. The lowest BCUT2D eigenvalue weighted by atomic mass is 9.84. The largest absolute Gasteiger partial charge is 0.294 e. The maximum atomic E-state index is 12.3. The molecule has 0 radical (unpaired) electrons. The molecule has 0 saturated heterocycles. The predicted octanol–water partition coefficient (Wildman–Crippen LogP) is 4.47. The third kappa shape index (κ3) is 3.43. The summed E-state index contributed by atoms with van der Waals surface area (Å²) >= 11 is 0. The van der Waals surface area contributed by atoms with Crippen LogP contribution in [0.4, 0.5) is 0 Å². The van der Waals surface area contributed by atoms with Gasteiger partial charge < -0.3 is 0 Å². The minimum Gasteiger partial charge on any atom is -0.294 e. The van der Waals surface area contributed by atoms with E-state index in [9.17, 15) is 4.79 Å². The van der Waals surface area contributed by atoms with Gasteiger partial charge in [0.25, 0.3) is 0 Å². The number of allylic oxidation sites excluding steroid dienone is 4. The van der Waals surface area contributed by atoms with Crippen molar-refractivity contribution in [1.82, 2.24) is 0 Å². The first-order valence-electron chi connectivity index (χ1n) is 7.71. The standard InChI is InChI=1S/C19H26OSi/c1-19(2,3)18(20)15-11-13-17(14-12-15)21(4,5)16-9-7-6-8-10-16/h6-13,17H,14H2,1-5H3. The molecule has 2 heteroatoms. The average molecular weight is 299 g/mol. The number of Topliss-reactive ketones (excluding diaryl/α,β-unsaturated/α-hetero) is 1. The minimum atomic E-state index is -1.53. The molecule has 2 rings (SSSR count). The van der Waals surface area contributed by atoms with E-state index < -0.39 is 8.07 Å². The zero-order valence-corrected chi connectivity index (χ0v) is 14.8. The molecule has 0 aliphatic heterocycles. The van der Waals surface area contributed by atoms with E-state index in [4.69, 9.17) is 0 Å². The van der Waals surface area contributed by atoms with Gasteiger partial charge in [0.05, 0.1) is 8.07 Å². The minimum absolute atomic E-state index is 0.247. The molecule has 0 amide bonds. The Bertz CT molecular complexity index is 573. The zero-order chi connectivity index (χ0) is 15.7. The van der Waals surface area contributed by atoms with Gasteiger partial charge in [0.1, 0.15) is 0 Å². The van der Waals surface area contributed by atoms with E-state index in [1.54, 1.807) is 0 Å². The van der Waals surface area contributed by atoms with E-state index >= 15 is 0 Å². The first kappa shape index (κ1) is 16.0. The Morgan fingerprint density at radius 3 is 2.24 bits per heavy atom. The van der Waals surface area contributed by atoms with E-state index in [1.165, 1.54) is 5.19 Å². The van der Waals surface area contributed by atoms with Crippen LogP contribution in [0.5, 0.6) is 0 Å². The third-order valence-corrected chi connectivity index (χ3v) is 8.59. The fourth-order valence-electron chi connectivity index (χ4n) is 2.84. The average Bonchev–Trinajstić information content (AvgIpc) is 2.46. The van der Waals surface area contributed by atoms with Crippen LogP contribution in [0.3, 0.4) is 0 Å². The Labute approximate surface area is 129 Å². The lowest BCUT2D eigenvalue weighted by molar-refractivity contribution is -0.122. The highest BCUT2D eigenvalue weighted by Crippen LogP contribution is 2.33. The first-order chi connectivity index (χ1) is 9.73. The fraction of sp³-hybridized carbons (Fsp3) is 0.421. The molecule has 1 aromatic carbocycles. The number of carbonyl (C=O) groups excluding carboxylic acids is 1. The van der Waals surface area contributed by atoms with E-state index in [1.807, 2.05) is 20.8 Å². The van der Waals surface area contributed by atoms with Crippen LogP contribution in [0.25, 0.3) is 0 Å². The van der Waals surface area contributed by atoms with E-state index in [2.05, 4.69) is 61.7 Å². The molecule has 0 aromatic heterocycles. The Morgan fingerprint density at radius 2 is 1.76 bits per heavy atom. The van der Waals surface area contributed by atoms with Crippen LogP contribution in [0, 0.1) is 5.41 Å². The summed E-state index contributed by atoms with van der Waals surface area (Å²) in [5.41, 5.74) is 1.16. The van der Waals surface area contributed by atoms with Crippen LogP contribution < -0.4 is 5.19 Å². The van der Waals surface area contributed by atoms with Crippen LogP contribution in [-0.4, -0.2) is 13.9 Å². The van der Waals surface area contributed by atoms with Crippen molar-refractivity contribution in [3.05, 3.63) is 54.1 Å². The van der Waals surface area contributed by atoms with Gasteiger partial charge in [-0.25, -0.2) is 0 Å². The number of hydrogen-bond donors (Lipinski definition) is 0. The molecular weight excluding hydrogens is 272 g/mol. The van der Waals surface area contributed by atoms with Crippen LogP contribution >= 0.6 is 0 Å².